The average Bonchev–Trinajstić information content (AvgIpc) is 2.30. The summed E-state index contributed by atoms with van der Waals surface area (Å²) in [5.74, 6) is 1.18. The number of hydrogen-bond donors (Lipinski definition) is 2. The average molecular weight is 236 g/mol. The zero-order valence-corrected chi connectivity index (χ0v) is 10.8. The highest BCUT2D eigenvalue weighted by atomic mass is 16.5. The Hall–Kier alpha value is -1.22. The lowest BCUT2D eigenvalue weighted by molar-refractivity contribution is -0.115. The summed E-state index contributed by atoms with van der Waals surface area (Å²) < 4.78 is 5.12. The molecule has 1 saturated carbocycles. The van der Waals surface area contributed by atoms with Gasteiger partial charge in [0.15, 0.2) is 11.5 Å². The largest absolute Gasteiger partial charge is 0.504 e. The lowest BCUT2D eigenvalue weighted by Crippen LogP contribution is -2.54. The van der Waals surface area contributed by atoms with Gasteiger partial charge in [0.1, 0.15) is 0 Å². The van der Waals surface area contributed by atoms with Gasteiger partial charge in [0, 0.05) is 0 Å². The molecule has 94 valence electrons. The first-order chi connectivity index (χ1) is 7.89. The van der Waals surface area contributed by atoms with Crippen molar-refractivity contribution < 1.29 is 14.9 Å². The molecule has 3 nitrogen and oxygen atoms in total. The molecule has 1 aromatic carbocycles. The Morgan fingerprint density at radius 2 is 1.94 bits per heavy atom. The molecule has 3 heteroatoms. The number of ether oxygens (including phenoxy) is 1. The smallest absolute Gasteiger partial charge is 0.160 e. The van der Waals surface area contributed by atoms with E-state index in [1.165, 1.54) is 0 Å². The number of benzene rings is 1. The Labute approximate surface area is 102 Å². The molecule has 1 unspecified atom stereocenters. The van der Waals surface area contributed by atoms with Crippen molar-refractivity contribution in [3.8, 4) is 11.5 Å². The third kappa shape index (κ3) is 1.69. The first kappa shape index (κ1) is 12.2. The molecule has 2 rings (SSSR count). The van der Waals surface area contributed by atoms with Crippen LogP contribution in [0.4, 0.5) is 0 Å². The second kappa shape index (κ2) is 3.91. The van der Waals surface area contributed by atoms with E-state index in [9.17, 15) is 10.2 Å². The van der Waals surface area contributed by atoms with Gasteiger partial charge in [-0.3, -0.25) is 0 Å². The van der Waals surface area contributed by atoms with Crippen LogP contribution in [0.25, 0.3) is 0 Å². The molecule has 0 aromatic heterocycles. The third-order valence-electron chi connectivity index (χ3n) is 4.15. The third-order valence-corrected chi connectivity index (χ3v) is 4.15. The van der Waals surface area contributed by atoms with Crippen molar-refractivity contribution in [2.45, 2.75) is 32.8 Å². The summed E-state index contributed by atoms with van der Waals surface area (Å²) in [4.78, 5) is 0. The van der Waals surface area contributed by atoms with Crippen molar-refractivity contribution in [3.05, 3.63) is 23.8 Å². The number of methoxy groups -OCH3 is 1. The van der Waals surface area contributed by atoms with Crippen LogP contribution in [0.2, 0.25) is 0 Å². The number of phenolic OH excluding ortho intramolecular Hbond substituents is 1. The van der Waals surface area contributed by atoms with Crippen LogP contribution in [0, 0.1) is 11.3 Å². The summed E-state index contributed by atoms with van der Waals surface area (Å²) in [5, 5.41) is 19.6. The fourth-order valence-corrected chi connectivity index (χ4v) is 3.22. The second-order valence-corrected chi connectivity index (χ2v) is 5.53. The maximum Gasteiger partial charge on any atom is 0.160 e. The number of phenols is 1. The van der Waals surface area contributed by atoms with E-state index in [0.29, 0.717) is 11.7 Å². The molecule has 0 heterocycles. The van der Waals surface area contributed by atoms with E-state index < -0.39 is 0 Å². The van der Waals surface area contributed by atoms with Crippen LogP contribution in [0.5, 0.6) is 11.5 Å². The van der Waals surface area contributed by atoms with Crippen LogP contribution < -0.4 is 4.74 Å². The normalized spacial score (nSPS) is 30.8. The number of aromatic hydroxyl groups is 1. The van der Waals surface area contributed by atoms with E-state index >= 15 is 0 Å². The van der Waals surface area contributed by atoms with Crippen LogP contribution in [0.15, 0.2) is 18.2 Å². The van der Waals surface area contributed by atoms with Crippen molar-refractivity contribution in [2.75, 3.05) is 7.11 Å². The molecule has 3 atom stereocenters. The Balaban J connectivity index is 2.35. The van der Waals surface area contributed by atoms with Crippen LogP contribution in [0.1, 0.15) is 32.3 Å². The quantitative estimate of drug-likeness (QED) is 0.829. The Morgan fingerprint density at radius 3 is 2.47 bits per heavy atom. The van der Waals surface area contributed by atoms with E-state index in [1.54, 1.807) is 13.2 Å². The molecule has 0 aliphatic heterocycles. The van der Waals surface area contributed by atoms with E-state index in [2.05, 4.69) is 20.8 Å². The molecule has 1 aromatic rings. The topological polar surface area (TPSA) is 49.7 Å². The van der Waals surface area contributed by atoms with E-state index in [0.717, 1.165) is 5.56 Å². The van der Waals surface area contributed by atoms with E-state index in [-0.39, 0.29) is 23.2 Å². The zero-order chi connectivity index (χ0) is 12.8. The van der Waals surface area contributed by atoms with Gasteiger partial charge in [-0.1, -0.05) is 26.8 Å². The monoisotopic (exact) mass is 236 g/mol. The predicted octanol–water partition coefficient (Wildman–Crippen LogP) is 2.52. The van der Waals surface area contributed by atoms with Gasteiger partial charge in [0.25, 0.3) is 0 Å². The SMILES string of the molecule is COc1cc([C@H]2[C@H](C)C(O)C2(C)C)ccc1O. The van der Waals surface area contributed by atoms with Crippen molar-refractivity contribution in [1.82, 2.24) is 0 Å². The van der Waals surface area contributed by atoms with Crippen LogP contribution >= 0.6 is 0 Å². The number of aliphatic hydroxyl groups is 1. The Morgan fingerprint density at radius 1 is 1.29 bits per heavy atom. The summed E-state index contributed by atoms with van der Waals surface area (Å²) in [6.45, 7) is 6.20. The highest BCUT2D eigenvalue weighted by Gasteiger charge is 2.53. The fourth-order valence-electron chi connectivity index (χ4n) is 3.22. The fraction of sp³-hybridized carbons (Fsp3) is 0.571. The summed E-state index contributed by atoms with van der Waals surface area (Å²) in [6, 6.07) is 5.43. The second-order valence-electron chi connectivity index (χ2n) is 5.53. The summed E-state index contributed by atoms with van der Waals surface area (Å²) in [6.07, 6.45) is -0.271. The van der Waals surface area contributed by atoms with Gasteiger partial charge in [-0.15, -0.1) is 0 Å². The molecule has 0 radical (unpaired) electrons. The minimum Gasteiger partial charge on any atom is -0.504 e. The highest BCUT2D eigenvalue weighted by Crippen LogP contribution is 2.56. The summed E-state index contributed by atoms with van der Waals surface area (Å²) in [5.41, 5.74) is 0.990. The lowest BCUT2D eigenvalue weighted by atomic mass is 9.52. The molecule has 0 amide bonds. The standard InChI is InChI=1S/C14H20O3/c1-8-12(14(2,3)13(8)16)9-5-6-10(15)11(7-9)17-4/h5-8,12-13,15-16H,1-4H3/t8-,12+,13?/m0/s1. The van der Waals surface area contributed by atoms with Gasteiger partial charge in [-0.25, -0.2) is 0 Å². The molecule has 17 heavy (non-hydrogen) atoms. The minimum atomic E-state index is -0.271. The Bertz CT molecular complexity index is 425. The van der Waals surface area contributed by atoms with Gasteiger partial charge in [0.05, 0.1) is 13.2 Å². The van der Waals surface area contributed by atoms with E-state index in [4.69, 9.17) is 4.74 Å². The summed E-state index contributed by atoms with van der Waals surface area (Å²) >= 11 is 0. The van der Waals surface area contributed by atoms with Gasteiger partial charge in [-0.05, 0) is 34.9 Å². The molecule has 1 aliphatic carbocycles. The minimum absolute atomic E-state index is 0.124. The molecular weight excluding hydrogens is 216 g/mol. The maximum absolute atomic E-state index is 9.98. The van der Waals surface area contributed by atoms with Crippen molar-refractivity contribution in [2.24, 2.45) is 11.3 Å². The summed E-state index contributed by atoms with van der Waals surface area (Å²) in [7, 11) is 1.54. The molecule has 1 fully saturated rings. The van der Waals surface area contributed by atoms with Crippen LogP contribution in [-0.4, -0.2) is 23.4 Å². The number of hydrogen-bond acceptors (Lipinski definition) is 3. The van der Waals surface area contributed by atoms with E-state index in [1.807, 2.05) is 12.1 Å². The van der Waals surface area contributed by atoms with Crippen molar-refractivity contribution in [1.29, 1.82) is 0 Å². The predicted molar refractivity (Wildman–Crippen MR) is 66.4 cm³/mol. The lowest BCUT2D eigenvalue weighted by Gasteiger charge is -2.55. The number of rotatable bonds is 2. The Kier molecular flexibility index (Phi) is 2.82. The van der Waals surface area contributed by atoms with Crippen molar-refractivity contribution in [3.63, 3.8) is 0 Å². The first-order valence-electron chi connectivity index (χ1n) is 5.94. The first-order valence-corrected chi connectivity index (χ1v) is 5.94. The van der Waals surface area contributed by atoms with Gasteiger partial charge in [-0.2, -0.15) is 0 Å². The zero-order valence-electron chi connectivity index (χ0n) is 10.8. The highest BCUT2D eigenvalue weighted by molar-refractivity contribution is 5.44. The van der Waals surface area contributed by atoms with Crippen molar-refractivity contribution >= 4 is 0 Å². The van der Waals surface area contributed by atoms with Gasteiger partial charge in [0.2, 0.25) is 0 Å². The molecule has 2 N–H and O–H groups in total. The molecule has 0 saturated heterocycles. The van der Waals surface area contributed by atoms with Gasteiger partial charge >= 0.3 is 0 Å². The van der Waals surface area contributed by atoms with Crippen LogP contribution in [-0.2, 0) is 0 Å². The number of aliphatic hydroxyl groups excluding tert-OH is 1. The molecule has 0 bridgehead atoms. The van der Waals surface area contributed by atoms with Crippen LogP contribution in [0.3, 0.4) is 0 Å². The molecule has 1 aliphatic rings. The molecular formula is C14H20O3. The maximum atomic E-state index is 9.98. The van der Waals surface area contributed by atoms with Gasteiger partial charge < -0.3 is 14.9 Å². The molecule has 0 spiro atoms.